The van der Waals surface area contributed by atoms with E-state index in [1.54, 1.807) is 12.1 Å². The first-order valence-electron chi connectivity index (χ1n) is 7.31. The van der Waals surface area contributed by atoms with Gasteiger partial charge in [0.1, 0.15) is 0 Å². The third kappa shape index (κ3) is 4.39. The van der Waals surface area contributed by atoms with E-state index in [1.807, 2.05) is 0 Å². The van der Waals surface area contributed by atoms with Crippen molar-refractivity contribution in [2.75, 3.05) is 12.5 Å². The van der Waals surface area contributed by atoms with Crippen molar-refractivity contribution in [2.45, 2.75) is 6.18 Å². The summed E-state index contributed by atoms with van der Waals surface area (Å²) in [6.45, 7) is 0. The molecule has 3 aromatic rings. The second-order valence-corrected chi connectivity index (χ2v) is 8.26. The first-order chi connectivity index (χ1) is 12.5. The second-order valence-electron chi connectivity index (χ2n) is 5.72. The number of rotatable bonds is 3. The molecule has 0 aliphatic carbocycles. The van der Waals surface area contributed by atoms with Crippen molar-refractivity contribution in [3.63, 3.8) is 0 Å². The molecule has 0 fully saturated rings. The Labute approximate surface area is 151 Å². The molecule has 0 bridgehead atoms. The normalized spacial score (nSPS) is 12.2. The van der Waals surface area contributed by atoms with Gasteiger partial charge in [0.25, 0.3) is 5.91 Å². The van der Waals surface area contributed by atoms with Crippen molar-refractivity contribution in [3.8, 4) is 17.1 Å². The van der Waals surface area contributed by atoms with E-state index >= 15 is 0 Å². The highest BCUT2D eigenvalue weighted by molar-refractivity contribution is 7.92. The zero-order valence-corrected chi connectivity index (χ0v) is 14.8. The Kier molecular flexibility index (Phi) is 4.59. The minimum atomic E-state index is -4.71. The average molecular weight is 399 g/mol. The van der Waals surface area contributed by atoms with Gasteiger partial charge in [0.15, 0.2) is 0 Å². The molecule has 27 heavy (non-hydrogen) atoms. The molecular formula is C15H12F3N5O3S. The van der Waals surface area contributed by atoms with Crippen LogP contribution >= 0.6 is 0 Å². The summed E-state index contributed by atoms with van der Waals surface area (Å²) in [6.07, 6.45) is 0.656. The smallest absolute Gasteiger partial charge is 0.329 e. The molecule has 0 spiro atoms. The number of hydrogen-bond donors (Lipinski definition) is 0. The number of nitrogens with zero attached hydrogens (tertiary/aromatic N) is 5. The van der Waals surface area contributed by atoms with Gasteiger partial charge in [-0.3, -0.25) is 4.79 Å². The molecule has 2 aromatic heterocycles. The number of alkyl halides is 3. The number of hydrogen-bond acceptors (Lipinski definition) is 6. The average Bonchev–Trinajstić information content (AvgIpc) is 3.23. The van der Waals surface area contributed by atoms with Crippen LogP contribution in [0.2, 0.25) is 0 Å². The van der Waals surface area contributed by atoms with Crippen molar-refractivity contribution in [1.82, 2.24) is 19.9 Å². The molecule has 12 heteroatoms. The Morgan fingerprint density at radius 3 is 2.44 bits per heavy atom. The van der Waals surface area contributed by atoms with Gasteiger partial charge >= 0.3 is 12.1 Å². The standard InChI is InChI=1S/C15H12F3N5O3S/c1-27(2,25)22-13(24)10-7-19-23(8-10)11-5-3-9(4-6-11)12-20-14(26-21-12)15(16,17)18/h3-8H,1-2H3. The predicted octanol–water partition coefficient (Wildman–Crippen LogP) is 2.81. The van der Waals surface area contributed by atoms with Crippen LogP contribution < -0.4 is 0 Å². The fourth-order valence-corrected chi connectivity index (χ4v) is 2.55. The van der Waals surface area contributed by atoms with Crippen LogP contribution in [-0.4, -0.2) is 42.5 Å². The lowest BCUT2D eigenvalue weighted by molar-refractivity contribution is -0.159. The van der Waals surface area contributed by atoms with Gasteiger partial charge in [-0.05, 0) is 24.3 Å². The third-order valence-electron chi connectivity index (χ3n) is 3.19. The van der Waals surface area contributed by atoms with Gasteiger partial charge in [-0.15, -0.1) is 0 Å². The first kappa shape index (κ1) is 18.8. The van der Waals surface area contributed by atoms with Crippen molar-refractivity contribution in [1.29, 1.82) is 0 Å². The van der Waals surface area contributed by atoms with Gasteiger partial charge in [-0.1, -0.05) is 5.16 Å². The lowest BCUT2D eigenvalue weighted by Gasteiger charge is -2.01. The molecule has 3 rings (SSSR count). The number of amides is 1. The van der Waals surface area contributed by atoms with E-state index in [9.17, 15) is 22.2 Å². The number of aromatic nitrogens is 4. The summed E-state index contributed by atoms with van der Waals surface area (Å²) in [5.74, 6) is -2.28. The van der Waals surface area contributed by atoms with Crippen molar-refractivity contribution in [3.05, 3.63) is 48.1 Å². The molecule has 0 aliphatic heterocycles. The topological polar surface area (TPSA) is 103 Å². The van der Waals surface area contributed by atoms with Crippen LogP contribution in [0.5, 0.6) is 0 Å². The van der Waals surface area contributed by atoms with Crippen molar-refractivity contribution >= 4 is 15.6 Å². The van der Waals surface area contributed by atoms with Crippen molar-refractivity contribution < 1.29 is 26.7 Å². The molecular weight excluding hydrogens is 387 g/mol. The van der Waals surface area contributed by atoms with Gasteiger partial charge in [0.05, 0.1) is 17.4 Å². The fourth-order valence-electron chi connectivity index (χ4n) is 2.05. The van der Waals surface area contributed by atoms with Crippen LogP contribution in [0.15, 0.2) is 45.5 Å². The quantitative estimate of drug-likeness (QED) is 0.671. The largest absolute Gasteiger partial charge is 0.471 e. The van der Waals surface area contributed by atoms with Gasteiger partial charge in [0.2, 0.25) is 5.82 Å². The highest BCUT2D eigenvalue weighted by Crippen LogP contribution is 2.29. The lowest BCUT2D eigenvalue weighted by atomic mass is 10.2. The maximum atomic E-state index is 12.5. The van der Waals surface area contributed by atoms with Crippen LogP contribution in [0.25, 0.3) is 17.1 Å². The summed E-state index contributed by atoms with van der Waals surface area (Å²) in [4.78, 5) is 15.2. The summed E-state index contributed by atoms with van der Waals surface area (Å²) in [6, 6.07) is 6.08. The maximum Gasteiger partial charge on any atom is 0.471 e. The number of benzene rings is 1. The van der Waals surface area contributed by atoms with Crippen molar-refractivity contribution in [2.24, 2.45) is 4.36 Å². The molecule has 0 saturated heterocycles. The molecule has 2 heterocycles. The second kappa shape index (κ2) is 6.61. The van der Waals surface area contributed by atoms with E-state index in [0.717, 1.165) is 0 Å². The Morgan fingerprint density at radius 2 is 1.89 bits per heavy atom. The van der Waals surface area contributed by atoms with Gasteiger partial charge in [0, 0.05) is 34.0 Å². The van der Waals surface area contributed by atoms with Gasteiger partial charge in [-0.25, -0.2) is 8.89 Å². The van der Waals surface area contributed by atoms with E-state index in [4.69, 9.17) is 0 Å². The van der Waals surface area contributed by atoms with Gasteiger partial charge < -0.3 is 4.52 Å². The van der Waals surface area contributed by atoms with Crippen LogP contribution in [0.4, 0.5) is 13.2 Å². The molecule has 0 aliphatic rings. The molecule has 0 unspecified atom stereocenters. The van der Waals surface area contributed by atoms with Crippen LogP contribution in [0.3, 0.4) is 0 Å². The highest BCUT2D eigenvalue weighted by Gasteiger charge is 2.38. The third-order valence-corrected chi connectivity index (χ3v) is 3.80. The molecule has 1 aromatic carbocycles. The van der Waals surface area contributed by atoms with Crippen LogP contribution in [0, 0.1) is 0 Å². The summed E-state index contributed by atoms with van der Waals surface area (Å²) in [7, 11) is -2.59. The minimum absolute atomic E-state index is 0.156. The minimum Gasteiger partial charge on any atom is -0.329 e. The number of carbonyl (C=O) groups is 1. The molecule has 1 amide bonds. The van der Waals surface area contributed by atoms with E-state index in [-0.39, 0.29) is 11.4 Å². The van der Waals surface area contributed by atoms with E-state index in [2.05, 4.69) is 24.1 Å². The number of halogens is 3. The Hall–Kier alpha value is -3.02. The molecule has 0 saturated carbocycles. The monoisotopic (exact) mass is 399 g/mol. The van der Waals surface area contributed by atoms with Crippen LogP contribution in [-0.2, 0) is 15.9 Å². The zero-order valence-electron chi connectivity index (χ0n) is 14.0. The Morgan fingerprint density at radius 1 is 1.22 bits per heavy atom. The Balaban J connectivity index is 1.83. The molecule has 8 nitrogen and oxygen atoms in total. The van der Waals surface area contributed by atoms with E-state index in [1.165, 1.54) is 41.7 Å². The van der Waals surface area contributed by atoms with E-state index in [0.29, 0.717) is 11.3 Å². The molecule has 0 N–H and O–H groups in total. The lowest BCUT2D eigenvalue weighted by Crippen LogP contribution is -2.04. The Bertz CT molecular complexity index is 1100. The predicted molar refractivity (Wildman–Crippen MR) is 88.6 cm³/mol. The van der Waals surface area contributed by atoms with E-state index < -0.39 is 27.7 Å². The SMILES string of the molecule is CS(C)(=O)=NC(=O)c1cnn(-c2ccc(-c3noc(C(F)(F)F)n3)cc2)c1. The summed E-state index contributed by atoms with van der Waals surface area (Å²) in [5, 5.41) is 7.32. The van der Waals surface area contributed by atoms with Crippen LogP contribution in [0.1, 0.15) is 16.2 Å². The number of carbonyl (C=O) groups excluding carboxylic acids is 1. The molecule has 0 radical (unpaired) electrons. The fraction of sp³-hybridized carbons (Fsp3) is 0.200. The molecule has 0 atom stereocenters. The molecule has 142 valence electrons. The summed E-state index contributed by atoms with van der Waals surface area (Å²) < 4.78 is 58.3. The maximum absolute atomic E-state index is 12.5. The summed E-state index contributed by atoms with van der Waals surface area (Å²) in [5.41, 5.74) is 1.00. The zero-order chi connectivity index (χ0) is 19.8. The summed E-state index contributed by atoms with van der Waals surface area (Å²) >= 11 is 0. The first-order valence-corrected chi connectivity index (χ1v) is 9.64. The highest BCUT2D eigenvalue weighted by atomic mass is 32.2. The van der Waals surface area contributed by atoms with Gasteiger partial charge in [-0.2, -0.15) is 27.6 Å².